The van der Waals surface area contributed by atoms with Crippen LogP contribution in [0.25, 0.3) is 0 Å². The minimum Gasteiger partial charge on any atom is -0.392 e. The molecule has 0 spiro atoms. The monoisotopic (exact) mass is 287 g/mol. The molecule has 1 aliphatic heterocycles. The van der Waals surface area contributed by atoms with Crippen LogP contribution in [-0.2, 0) is 28.2 Å². The number of carbonyl (C=O) groups excluding carboxylic acids is 1. The van der Waals surface area contributed by atoms with Gasteiger partial charge < -0.3 is 10.0 Å². The maximum Gasteiger partial charge on any atom is 0.307 e. The summed E-state index contributed by atoms with van der Waals surface area (Å²) in [5.41, 5.74) is 1.48. The van der Waals surface area contributed by atoms with Crippen molar-refractivity contribution >= 4 is 16.1 Å². The summed E-state index contributed by atoms with van der Waals surface area (Å²) in [6, 6.07) is 6.98. The van der Waals surface area contributed by atoms with E-state index in [9.17, 15) is 17.1 Å². The van der Waals surface area contributed by atoms with Crippen molar-refractivity contribution in [2.45, 2.75) is 24.8 Å². The Labute approximate surface area is 110 Å². The van der Waals surface area contributed by atoms with Gasteiger partial charge in [-0.05, 0) is 11.1 Å². The lowest BCUT2D eigenvalue weighted by atomic mass is 10.1. The highest BCUT2D eigenvalue weighted by atomic mass is 32.3. The molecule has 0 saturated carbocycles. The molecule has 0 bridgehead atoms. The summed E-state index contributed by atoms with van der Waals surface area (Å²) in [7, 11) is -4.68. The molecule has 1 aromatic carbocycles. The Morgan fingerprint density at radius 2 is 2.05 bits per heavy atom. The number of hydrogen-bond acceptors (Lipinski definition) is 4. The van der Waals surface area contributed by atoms with E-state index in [2.05, 4.69) is 0 Å². The molecule has 7 heteroatoms. The number of benzene rings is 1. The molecule has 1 atom stereocenters. The van der Waals surface area contributed by atoms with Gasteiger partial charge in [-0.3, -0.25) is 4.79 Å². The van der Waals surface area contributed by atoms with Crippen molar-refractivity contribution in [3.63, 3.8) is 0 Å². The first-order chi connectivity index (χ1) is 8.90. The molecular formula is C12H14FNO4S. The molecule has 0 aromatic heterocycles. The van der Waals surface area contributed by atoms with Crippen LogP contribution in [-0.4, -0.2) is 36.1 Å². The molecule has 0 aliphatic carbocycles. The number of aliphatic hydroxyl groups excluding tert-OH is 1. The summed E-state index contributed by atoms with van der Waals surface area (Å²) in [5, 5.41) is 7.75. The molecule has 19 heavy (non-hydrogen) atoms. The number of rotatable bonds is 4. The van der Waals surface area contributed by atoms with E-state index < -0.39 is 15.5 Å². The molecule has 2 rings (SSSR count). The van der Waals surface area contributed by atoms with Crippen molar-refractivity contribution in [1.29, 1.82) is 0 Å². The maximum absolute atomic E-state index is 12.9. The van der Waals surface area contributed by atoms with Crippen molar-refractivity contribution in [2.24, 2.45) is 0 Å². The smallest absolute Gasteiger partial charge is 0.307 e. The fourth-order valence-electron chi connectivity index (χ4n) is 2.12. The summed E-state index contributed by atoms with van der Waals surface area (Å²) in [6.45, 7) is -0.0109. The van der Waals surface area contributed by atoms with Crippen molar-refractivity contribution < 1.29 is 22.2 Å². The van der Waals surface area contributed by atoms with Crippen LogP contribution >= 0.6 is 0 Å². The fraction of sp³-hybridized carbons (Fsp3) is 0.417. The third kappa shape index (κ3) is 3.30. The predicted molar refractivity (Wildman–Crippen MR) is 66.2 cm³/mol. The Kier molecular flexibility index (Phi) is 3.86. The Morgan fingerprint density at radius 1 is 1.37 bits per heavy atom. The number of hydrogen-bond donors (Lipinski definition) is 1. The molecule has 1 heterocycles. The van der Waals surface area contributed by atoms with Gasteiger partial charge >= 0.3 is 10.2 Å². The zero-order chi connectivity index (χ0) is 14.0. The number of amides is 1. The SMILES string of the molecule is O=C1CC(S(=O)(=O)F)CN1Cc1cccc(CO)c1. The summed E-state index contributed by atoms with van der Waals surface area (Å²) < 4.78 is 34.5. The lowest BCUT2D eigenvalue weighted by Gasteiger charge is -2.16. The number of halogens is 1. The van der Waals surface area contributed by atoms with Gasteiger partial charge in [0.15, 0.2) is 0 Å². The van der Waals surface area contributed by atoms with Crippen LogP contribution in [0, 0.1) is 0 Å². The molecule has 1 fully saturated rings. The van der Waals surface area contributed by atoms with E-state index in [-0.39, 0.29) is 32.0 Å². The minimum absolute atomic E-state index is 0.108. The number of aliphatic hydroxyl groups is 1. The number of carbonyl (C=O) groups is 1. The highest BCUT2D eigenvalue weighted by molar-refractivity contribution is 7.87. The van der Waals surface area contributed by atoms with Crippen molar-refractivity contribution in [3.8, 4) is 0 Å². The zero-order valence-electron chi connectivity index (χ0n) is 10.1. The summed E-state index contributed by atoms with van der Waals surface area (Å²) in [6.07, 6.45) is -0.307. The lowest BCUT2D eigenvalue weighted by molar-refractivity contribution is -0.128. The van der Waals surface area contributed by atoms with Gasteiger partial charge in [0.1, 0.15) is 5.25 Å². The number of nitrogens with zero attached hydrogens (tertiary/aromatic N) is 1. The Balaban J connectivity index is 2.09. The summed E-state index contributed by atoms with van der Waals surface area (Å²) in [4.78, 5) is 13.0. The fourth-order valence-corrected chi connectivity index (χ4v) is 2.82. The van der Waals surface area contributed by atoms with Gasteiger partial charge in [0.25, 0.3) is 0 Å². The van der Waals surface area contributed by atoms with Gasteiger partial charge in [0.05, 0.1) is 6.61 Å². The lowest BCUT2D eigenvalue weighted by Crippen LogP contribution is -2.26. The third-order valence-electron chi connectivity index (χ3n) is 3.12. The predicted octanol–water partition coefficient (Wildman–Crippen LogP) is 0.579. The van der Waals surface area contributed by atoms with Gasteiger partial charge in [0.2, 0.25) is 5.91 Å². The van der Waals surface area contributed by atoms with Gasteiger partial charge in [-0.25, -0.2) is 0 Å². The van der Waals surface area contributed by atoms with Gasteiger partial charge in [-0.2, -0.15) is 8.42 Å². The van der Waals surface area contributed by atoms with Crippen LogP contribution in [0.3, 0.4) is 0 Å². The maximum atomic E-state index is 12.9. The normalized spacial score (nSPS) is 20.0. The standard InChI is InChI=1S/C12H14FNO4S/c13-19(17,18)11-5-12(16)14(7-11)6-9-2-1-3-10(4-9)8-15/h1-4,11,15H,5-8H2. The molecule has 1 saturated heterocycles. The van der Waals surface area contributed by atoms with E-state index in [1.54, 1.807) is 24.3 Å². The Morgan fingerprint density at radius 3 is 2.63 bits per heavy atom. The van der Waals surface area contributed by atoms with Crippen LogP contribution in [0.1, 0.15) is 17.5 Å². The van der Waals surface area contributed by atoms with Crippen LogP contribution in [0.5, 0.6) is 0 Å². The van der Waals surface area contributed by atoms with Gasteiger partial charge in [-0.15, -0.1) is 3.89 Å². The van der Waals surface area contributed by atoms with Gasteiger partial charge in [0, 0.05) is 19.5 Å². The average molecular weight is 287 g/mol. The van der Waals surface area contributed by atoms with Gasteiger partial charge in [-0.1, -0.05) is 24.3 Å². The van der Waals surface area contributed by atoms with E-state index >= 15 is 0 Å². The quantitative estimate of drug-likeness (QED) is 0.822. The first-order valence-corrected chi connectivity index (χ1v) is 7.24. The van der Waals surface area contributed by atoms with Crippen LogP contribution in [0.2, 0.25) is 0 Å². The van der Waals surface area contributed by atoms with E-state index in [0.29, 0.717) is 5.56 Å². The van der Waals surface area contributed by atoms with E-state index in [0.717, 1.165) is 5.56 Å². The first kappa shape index (κ1) is 14.0. The average Bonchev–Trinajstić information content (AvgIpc) is 2.71. The Hall–Kier alpha value is -1.47. The van der Waals surface area contributed by atoms with Crippen molar-refractivity contribution in [2.75, 3.05) is 6.54 Å². The Bertz CT molecular complexity index is 587. The van der Waals surface area contributed by atoms with Crippen LogP contribution < -0.4 is 0 Å². The summed E-state index contributed by atoms with van der Waals surface area (Å²) in [5.74, 6) is -0.374. The molecule has 5 nitrogen and oxygen atoms in total. The minimum atomic E-state index is -4.68. The van der Waals surface area contributed by atoms with Crippen molar-refractivity contribution in [1.82, 2.24) is 4.90 Å². The molecule has 1 N–H and O–H groups in total. The second-order valence-corrected chi connectivity index (χ2v) is 6.17. The molecule has 1 amide bonds. The first-order valence-electron chi connectivity index (χ1n) is 5.80. The van der Waals surface area contributed by atoms with E-state index in [1.807, 2.05) is 0 Å². The molecule has 104 valence electrons. The molecule has 1 aliphatic rings. The summed E-state index contributed by atoms with van der Waals surface area (Å²) >= 11 is 0. The highest BCUT2D eigenvalue weighted by Gasteiger charge is 2.38. The van der Waals surface area contributed by atoms with E-state index in [1.165, 1.54) is 4.90 Å². The topological polar surface area (TPSA) is 74.7 Å². The highest BCUT2D eigenvalue weighted by Crippen LogP contribution is 2.21. The number of likely N-dealkylation sites (tertiary alicyclic amines) is 1. The molecule has 0 radical (unpaired) electrons. The third-order valence-corrected chi connectivity index (χ3v) is 4.24. The molecular weight excluding hydrogens is 273 g/mol. The zero-order valence-corrected chi connectivity index (χ0v) is 10.9. The molecule has 1 unspecified atom stereocenters. The van der Waals surface area contributed by atoms with E-state index in [4.69, 9.17) is 5.11 Å². The molecule has 1 aromatic rings. The second kappa shape index (κ2) is 5.26. The van der Waals surface area contributed by atoms with Crippen LogP contribution in [0.4, 0.5) is 3.89 Å². The second-order valence-electron chi connectivity index (χ2n) is 4.55. The largest absolute Gasteiger partial charge is 0.392 e. The van der Waals surface area contributed by atoms with Crippen molar-refractivity contribution in [3.05, 3.63) is 35.4 Å². The van der Waals surface area contributed by atoms with Crippen LogP contribution in [0.15, 0.2) is 24.3 Å².